The minimum atomic E-state index is -3.67. The summed E-state index contributed by atoms with van der Waals surface area (Å²) < 4.78 is 25.9. The van der Waals surface area contributed by atoms with E-state index < -0.39 is 18.0 Å². The minimum absolute atomic E-state index is 0. The Kier molecular flexibility index (Phi) is 13.6. The molecule has 0 saturated heterocycles. The first-order chi connectivity index (χ1) is 19.1. The van der Waals surface area contributed by atoms with Crippen molar-refractivity contribution < 1.29 is 33.4 Å². The van der Waals surface area contributed by atoms with Crippen LogP contribution >= 0.6 is 7.92 Å². The molecular formula is C34H35NO3PPdS+. The van der Waals surface area contributed by atoms with Crippen LogP contribution in [0.5, 0.6) is 0 Å². The maximum atomic E-state index is 9.19. The van der Waals surface area contributed by atoms with Gasteiger partial charge in [-0.15, -0.1) is 41.5 Å². The Balaban J connectivity index is 0.000000262. The van der Waals surface area contributed by atoms with Crippen LogP contribution in [0.2, 0.25) is 0 Å². The second kappa shape index (κ2) is 16.4. The van der Waals surface area contributed by atoms with Gasteiger partial charge in [0.25, 0.3) is 10.1 Å². The van der Waals surface area contributed by atoms with E-state index >= 15 is 0 Å². The van der Waals surface area contributed by atoms with Gasteiger partial charge >= 0.3 is 20.4 Å². The standard InChI is InChI=1S/C21H21P.C12H9N.CH4O3S.Pd/c1-16-10-4-7-13-19(16)22(20-14-8-5-11-17(20)2)21-15-9-6-12-18(21)3;13-12-9-5-4-8-11(12)10-6-2-1-3-7-10;1-5(2,3)4;/h4-15H,1-3H3;1-6,8-9,13H;1H3,(H,2,3,4);/q;-2;;+2/p+1. The predicted octanol–water partition coefficient (Wildman–Crippen LogP) is 7.44. The second-order valence-corrected chi connectivity index (χ2v) is 13.2. The normalized spacial score (nSPS) is 10.4. The van der Waals surface area contributed by atoms with Crippen molar-refractivity contribution in [1.82, 2.24) is 0 Å². The molecule has 4 nitrogen and oxygen atoms in total. The average Bonchev–Trinajstić information content (AvgIpc) is 2.92. The van der Waals surface area contributed by atoms with Crippen molar-refractivity contribution >= 4 is 39.6 Å². The van der Waals surface area contributed by atoms with Gasteiger partial charge in [0.05, 0.1) is 14.2 Å². The Labute approximate surface area is 259 Å². The SMILES string of the molecule is CS(=O)(=O)O.Cc1ccccc1[PH+](c1ccccc1C)c1ccccc1C.[NH-]c1ccccc1-c1[c-]cccc1.[Pd+2]. The first kappa shape index (κ1) is 34.1. The molecule has 0 fully saturated rings. The van der Waals surface area contributed by atoms with Crippen LogP contribution in [0.1, 0.15) is 16.7 Å². The molecule has 7 heteroatoms. The van der Waals surface area contributed by atoms with Crippen molar-refractivity contribution in [3.8, 4) is 11.1 Å². The van der Waals surface area contributed by atoms with Crippen molar-refractivity contribution in [3.05, 3.63) is 150 Å². The molecule has 0 unspecified atom stereocenters. The van der Waals surface area contributed by atoms with Crippen molar-refractivity contribution in [2.24, 2.45) is 0 Å². The van der Waals surface area contributed by atoms with Gasteiger partial charge in [-0.2, -0.15) is 14.1 Å². The largest absolute Gasteiger partial charge is 2.00 e. The molecular weight excluding hydrogens is 640 g/mol. The molecule has 5 rings (SSSR count). The van der Waals surface area contributed by atoms with Gasteiger partial charge in [0.15, 0.2) is 0 Å². The Morgan fingerprint density at radius 1 is 0.634 bits per heavy atom. The fourth-order valence-corrected chi connectivity index (χ4v) is 7.37. The van der Waals surface area contributed by atoms with Gasteiger partial charge in [-0.1, -0.05) is 78.9 Å². The first-order valence-electron chi connectivity index (χ1n) is 12.8. The summed E-state index contributed by atoms with van der Waals surface area (Å²) in [7, 11) is -4.63. The van der Waals surface area contributed by atoms with E-state index in [0.29, 0.717) is 11.9 Å². The van der Waals surface area contributed by atoms with E-state index in [4.69, 9.17) is 10.3 Å². The molecule has 5 aromatic rings. The van der Waals surface area contributed by atoms with Gasteiger partial charge in [0, 0.05) is 0 Å². The summed E-state index contributed by atoms with van der Waals surface area (Å²) in [6.07, 6.45) is 0.715. The number of benzene rings is 5. The molecule has 214 valence electrons. The van der Waals surface area contributed by atoms with Crippen LogP contribution < -0.4 is 15.9 Å². The zero-order valence-electron chi connectivity index (χ0n) is 23.5. The summed E-state index contributed by atoms with van der Waals surface area (Å²) in [6.45, 7) is 6.70. The van der Waals surface area contributed by atoms with Crippen molar-refractivity contribution in [2.75, 3.05) is 6.26 Å². The zero-order valence-corrected chi connectivity index (χ0v) is 26.9. The van der Waals surface area contributed by atoms with Gasteiger partial charge in [-0.25, -0.2) is 0 Å². The summed E-state index contributed by atoms with van der Waals surface area (Å²) in [5, 5.41) is 4.49. The Bertz CT molecular complexity index is 1530. The Morgan fingerprint density at radius 3 is 1.37 bits per heavy atom. The number of rotatable bonds is 4. The van der Waals surface area contributed by atoms with Crippen LogP contribution in [0.15, 0.2) is 121 Å². The molecule has 0 radical (unpaired) electrons. The number of hydrogen-bond donors (Lipinski definition) is 1. The Morgan fingerprint density at radius 2 is 1.00 bits per heavy atom. The van der Waals surface area contributed by atoms with Crippen LogP contribution in [0.4, 0.5) is 5.69 Å². The molecule has 41 heavy (non-hydrogen) atoms. The smallest absolute Gasteiger partial charge is 0.706 e. The number of aryl methyl sites for hydroxylation is 3. The van der Waals surface area contributed by atoms with Crippen LogP contribution in [0.25, 0.3) is 16.9 Å². The van der Waals surface area contributed by atoms with Crippen molar-refractivity contribution in [2.45, 2.75) is 20.8 Å². The molecule has 0 aliphatic rings. The van der Waals surface area contributed by atoms with E-state index in [1.165, 1.54) is 32.6 Å². The van der Waals surface area contributed by atoms with Crippen LogP contribution in [-0.4, -0.2) is 19.2 Å². The average molecular weight is 675 g/mol. The third-order valence-corrected chi connectivity index (χ3v) is 9.47. The molecule has 0 atom stereocenters. The fourth-order valence-electron chi connectivity index (χ4n) is 4.27. The summed E-state index contributed by atoms with van der Waals surface area (Å²) in [5.74, 6) is 0. The molecule has 0 spiro atoms. The van der Waals surface area contributed by atoms with Crippen LogP contribution in [0.3, 0.4) is 0 Å². The molecule has 0 aliphatic heterocycles. The maximum Gasteiger partial charge on any atom is 2.00 e. The summed E-state index contributed by atoms with van der Waals surface area (Å²) in [6, 6.07) is 44.9. The topological polar surface area (TPSA) is 78.2 Å². The first-order valence-corrected chi connectivity index (χ1v) is 16.2. The predicted molar refractivity (Wildman–Crippen MR) is 173 cm³/mol. The molecule has 2 N–H and O–H groups in total. The van der Waals surface area contributed by atoms with Crippen molar-refractivity contribution in [1.29, 1.82) is 0 Å². The summed E-state index contributed by atoms with van der Waals surface area (Å²) >= 11 is 0. The maximum absolute atomic E-state index is 9.19. The molecule has 0 aliphatic carbocycles. The van der Waals surface area contributed by atoms with Gasteiger partial charge in [-0.3, -0.25) is 4.55 Å². The van der Waals surface area contributed by atoms with E-state index in [2.05, 4.69) is 99.6 Å². The summed E-state index contributed by atoms with van der Waals surface area (Å²) in [4.78, 5) is 0. The second-order valence-electron chi connectivity index (χ2n) is 9.37. The number of hydrogen-bond acceptors (Lipinski definition) is 2. The quantitative estimate of drug-likeness (QED) is 0.0932. The third-order valence-electron chi connectivity index (χ3n) is 6.17. The van der Waals surface area contributed by atoms with E-state index in [9.17, 15) is 8.42 Å². The fraction of sp³-hybridized carbons (Fsp3) is 0.118. The van der Waals surface area contributed by atoms with Gasteiger partial charge in [-0.05, 0) is 55.7 Å². The van der Waals surface area contributed by atoms with Gasteiger partial charge in [0.1, 0.15) is 15.9 Å². The third kappa shape index (κ3) is 10.7. The van der Waals surface area contributed by atoms with E-state index in [0.717, 1.165) is 11.1 Å². The molecule has 0 saturated carbocycles. The zero-order chi connectivity index (χ0) is 29.1. The van der Waals surface area contributed by atoms with E-state index in [-0.39, 0.29) is 20.4 Å². The van der Waals surface area contributed by atoms with Gasteiger partial charge < -0.3 is 5.73 Å². The van der Waals surface area contributed by atoms with E-state index in [1.54, 1.807) is 6.07 Å². The molecule has 0 amide bonds. The van der Waals surface area contributed by atoms with Crippen LogP contribution in [-0.2, 0) is 30.5 Å². The molecule has 5 aromatic carbocycles. The van der Waals surface area contributed by atoms with Crippen LogP contribution in [0, 0.1) is 26.8 Å². The monoisotopic (exact) mass is 674 g/mol. The molecule has 0 bridgehead atoms. The molecule has 0 aromatic heterocycles. The Hall–Kier alpha value is -3.10. The number of nitrogens with one attached hydrogen (secondary N) is 1. The van der Waals surface area contributed by atoms with Crippen molar-refractivity contribution in [3.63, 3.8) is 0 Å². The van der Waals surface area contributed by atoms with Gasteiger partial charge in [0.2, 0.25) is 0 Å². The molecule has 0 heterocycles. The minimum Gasteiger partial charge on any atom is -0.706 e. The van der Waals surface area contributed by atoms with E-state index in [1.807, 2.05) is 42.5 Å². The summed E-state index contributed by atoms with van der Waals surface area (Å²) in [5.41, 5.74) is 14.3.